The molecule has 0 aromatic heterocycles. The van der Waals surface area contributed by atoms with Gasteiger partial charge in [-0.1, -0.05) is 12.1 Å². The van der Waals surface area contributed by atoms with Crippen LogP contribution in [-0.2, 0) is 13.0 Å². The minimum atomic E-state index is -0.204. The molecular weight excluding hydrogens is 241 g/mol. The average Bonchev–Trinajstić information content (AvgIpc) is 2.82. The molecule has 19 heavy (non-hydrogen) atoms. The van der Waals surface area contributed by atoms with Crippen LogP contribution < -0.4 is 10.1 Å². The summed E-state index contributed by atoms with van der Waals surface area (Å²) in [7, 11) is 0. The molecule has 0 amide bonds. The molecule has 1 N–H and O–H groups in total. The van der Waals surface area contributed by atoms with Crippen molar-refractivity contribution in [1.82, 2.24) is 0 Å². The Hall–Kier alpha value is -2.03. The van der Waals surface area contributed by atoms with Crippen molar-refractivity contribution in [3.63, 3.8) is 0 Å². The third-order valence-corrected chi connectivity index (χ3v) is 3.29. The van der Waals surface area contributed by atoms with Crippen molar-refractivity contribution >= 4 is 5.69 Å². The van der Waals surface area contributed by atoms with Crippen LogP contribution in [0, 0.1) is 12.7 Å². The van der Waals surface area contributed by atoms with Gasteiger partial charge in [0.1, 0.15) is 11.6 Å². The van der Waals surface area contributed by atoms with Crippen LogP contribution in [0.2, 0.25) is 0 Å². The van der Waals surface area contributed by atoms with Gasteiger partial charge in [0.15, 0.2) is 0 Å². The van der Waals surface area contributed by atoms with Crippen molar-refractivity contribution in [2.75, 3.05) is 11.9 Å². The number of nitrogens with one attached hydrogen (secondary N) is 1. The number of aryl methyl sites for hydroxylation is 1. The molecule has 0 saturated heterocycles. The van der Waals surface area contributed by atoms with E-state index in [9.17, 15) is 4.39 Å². The number of hydrogen-bond acceptors (Lipinski definition) is 2. The molecule has 2 aromatic carbocycles. The van der Waals surface area contributed by atoms with Gasteiger partial charge < -0.3 is 10.1 Å². The molecule has 0 spiro atoms. The van der Waals surface area contributed by atoms with Crippen LogP contribution >= 0.6 is 0 Å². The Morgan fingerprint density at radius 3 is 2.95 bits per heavy atom. The summed E-state index contributed by atoms with van der Waals surface area (Å²) in [5.74, 6) is 0.787. The second-order valence-electron chi connectivity index (χ2n) is 4.91. The number of halogens is 1. The first kappa shape index (κ1) is 12.0. The summed E-state index contributed by atoms with van der Waals surface area (Å²) in [6, 6.07) is 11.2. The monoisotopic (exact) mass is 257 g/mol. The van der Waals surface area contributed by atoms with Crippen molar-refractivity contribution in [3.05, 3.63) is 58.9 Å². The number of fused-ring (bicyclic) bond motifs is 1. The lowest BCUT2D eigenvalue weighted by atomic mass is 10.1. The molecule has 0 fully saturated rings. The zero-order chi connectivity index (χ0) is 13.2. The van der Waals surface area contributed by atoms with Crippen LogP contribution in [0.1, 0.15) is 16.7 Å². The van der Waals surface area contributed by atoms with Gasteiger partial charge in [-0.15, -0.1) is 0 Å². The molecule has 98 valence electrons. The molecule has 1 aliphatic rings. The molecule has 0 aliphatic carbocycles. The van der Waals surface area contributed by atoms with Crippen LogP contribution in [0.5, 0.6) is 5.75 Å². The molecule has 1 aliphatic heterocycles. The lowest BCUT2D eigenvalue weighted by molar-refractivity contribution is 0.357. The Balaban J connectivity index is 1.72. The largest absolute Gasteiger partial charge is 0.493 e. The molecule has 0 bridgehead atoms. The standard InChI is InChI=1S/C16H16FNO/c1-11-6-14(17)9-15(7-11)18-10-12-2-3-16-13(8-12)4-5-19-16/h2-3,6-9,18H,4-5,10H2,1H3. The molecule has 1 heterocycles. The van der Waals surface area contributed by atoms with E-state index in [-0.39, 0.29) is 5.82 Å². The van der Waals surface area contributed by atoms with Gasteiger partial charge in [0.2, 0.25) is 0 Å². The predicted octanol–water partition coefficient (Wildman–Crippen LogP) is 3.68. The number of anilines is 1. The van der Waals surface area contributed by atoms with E-state index >= 15 is 0 Å². The van der Waals surface area contributed by atoms with E-state index in [0.29, 0.717) is 6.54 Å². The number of hydrogen-bond donors (Lipinski definition) is 1. The molecule has 2 nitrogen and oxygen atoms in total. The van der Waals surface area contributed by atoms with E-state index in [4.69, 9.17) is 4.74 Å². The number of ether oxygens (including phenoxy) is 1. The highest BCUT2D eigenvalue weighted by atomic mass is 19.1. The summed E-state index contributed by atoms with van der Waals surface area (Å²) in [5.41, 5.74) is 4.18. The molecule has 0 atom stereocenters. The number of rotatable bonds is 3. The van der Waals surface area contributed by atoms with Crippen molar-refractivity contribution in [3.8, 4) is 5.75 Å². The van der Waals surface area contributed by atoms with E-state index < -0.39 is 0 Å². The highest BCUT2D eigenvalue weighted by Crippen LogP contribution is 2.26. The smallest absolute Gasteiger partial charge is 0.125 e. The van der Waals surface area contributed by atoms with Crippen LogP contribution in [0.15, 0.2) is 36.4 Å². The molecular formula is C16H16FNO. The zero-order valence-corrected chi connectivity index (χ0v) is 10.9. The number of benzene rings is 2. The van der Waals surface area contributed by atoms with Crippen molar-refractivity contribution in [2.45, 2.75) is 19.9 Å². The predicted molar refractivity (Wildman–Crippen MR) is 74.1 cm³/mol. The molecule has 3 rings (SSSR count). The summed E-state index contributed by atoms with van der Waals surface area (Å²) in [4.78, 5) is 0. The van der Waals surface area contributed by atoms with Crippen LogP contribution in [-0.4, -0.2) is 6.61 Å². The van der Waals surface area contributed by atoms with Gasteiger partial charge in [-0.2, -0.15) is 0 Å². The van der Waals surface area contributed by atoms with Crippen LogP contribution in [0.25, 0.3) is 0 Å². The van der Waals surface area contributed by atoms with Gasteiger partial charge >= 0.3 is 0 Å². The first-order valence-corrected chi connectivity index (χ1v) is 6.46. The highest BCUT2D eigenvalue weighted by Gasteiger charge is 2.11. The van der Waals surface area contributed by atoms with Gasteiger partial charge in [0, 0.05) is 18.7 Å². The van der Waals surface area contributed by atoms with E-state index in [0.717, 1.165) is 30.0 Å². The second-order valence-corrected chi connectivity index (χ2v) is 4.91. The van der Waals surface area contributed by atoms with E-state index in [2.05, 4.69) is 11.4 Å². The Labute approximate surface area is 112 Å². The molecule has 2 aromatic rings. The zero-order valence-electron chi connectivity index (χ0n) is 10.9. The summed E-state index contributed by atoms with van der Waals surface area (Å²) in [5, 5.41) is 3.25. The average molecular weight is 257 g/mol. The van der Waals surface area contributed by atoms with Crippen molar-refractivity contribution in [2.24, 2.45) is 0 Å². The van der Waals surface area contributed by atoms with E-state index in [1.807, 2.05) is 25.1 Å². The fourth-order valence-corrected chi connectivity index (χ4v) is 2.39. The third kappa shape index (κ3) is 2.70. The maximum Gasteiger partial charge on any atom is 0.125 e. The van der Waals surface area contributed by atoms with Gasteiger partial charge in [-0.3, -0.25) is 0 Å². The fraction of sp³-hybridized carbons (Fsp3) is 0.250. The molecule has 0 saturated carbocycles. The van der Waals surface area contributed by atoms with E-state index in [1.165, 1.54) is 23.3 Å². The van der Waals surface area contributed by atoms with Gasteiger partial charge in [0.05, 0.1) is 6.61 Å². The highest BCUT2D eigenvalue weighted by molar-refractivity contribution is 5.47. The van der Waals surface area contributed by atoms with Gasteiger partial charge in [-0.25, -0.2) is 4.39 Å². The lowest BCUT2D eigenvalue weighted by Crippen LogP contribution is -2.00. The fourth-order valence-electron chi connectivity index (χ4n) is 2.39. The quantitative estimate of drug-likeness (QED) is 0.905. The summed E-state index contributed by atoms with van der Waals surface area (Å²) in [6.07, 6.45) is 0.974. The summed E-state index contributed by atoms with van der Waals surface area (Å²) < 4.78 is 18.8. The maximum atomic E-state index is 13.3. The second kappa shape index (κ2) is 4.92. The lowest BCUT2D eigenvalue weighted by Gasteiger charge is -2.09. The minimum absolute atomic E-state index is 0.204. The topological polar surface area (TPSA) is 21.3 Å². The Kier molecular flexibility index (Phi) is 3.11. The van der Waals surface area contributed by atoms with Gasteiger partial charge in [-0.05, 0) is 47.9 Å². The molecule has 3 heteroatoms. The SMILES string of the molecule is Cc1cc(F)cc(NCc2ccc3c(c2)CCO3)c1. The first-order valence-electron chi connectivity index (χ1n) is 6.46. The Morgan fingerprint density at radius 1 is 1.21 bits per heavy atom. The van der Waals surface area contributed by atoms with Crippen molar-refractivity contribution < 1.29 is 9.13 Å². The Morgan fingerprint density at radius 2 is 2.11 bits per heavy atom. The van der Waals surface area contributed by atoms with Gasteiger partial charge in [0.25, 0.3) is 0 Å². The minimum Gasteiger partial charge on any atom is -0.493 e. The molecule has 0 unspecified atom stereocenters. The third-order valence-electron chi connectivity index (χ3n) is 3.29. The Bertz CT molecular complexity index is 589. The summed E-state index contributed by atoms with van der Waals surface area (Å²) in [6.45, 7) is 3.35. The van der Waals surface area contributed by atoms with Crippen LogP contribution in [0.4, 0.5) is 10.1 Å². The van der Waals surface area contributed by atoms with Crippen molar-refractivity contribution in [1.29, 1.82) is 0 Å². The van der Waals surface area contributed by atoms with Crippen LogP contribution in [0.3, 0.4) is 0 Å². The normalized spacial score (nSPS) is 12.9. The summed E-state index contributed by atoms with van der Waals surface area (Å²) >= 11 is 0. The maximum absolute atomic E-state index is 13.3. The van der Waals surface area contributed by atoms with E-state index in [1.54, 1.807) is 0 Å². The first-order chi connectivity index (χ1) is 9.20. The molecule has 0 radical (unpaired) electrons.